The van der Waals surface area contributed by atoms with Gasteiger partial charge in [-0.25, -0.2) is 0 Å². The van der Waals surface area contributed by atoms with E-state index in [0.29, 0.717) is 0 Å². The first-order valence-electron chi connectivity index (χ1n) is 2.78. The van der Waals surface area contributed by atoms with E-state index in [-0.39, 0.29) is 0 Å². The fraction of sp³-hybridized carbons (Fsp3) is 1.00. The molecule has 1 heterocycles. The van der Waals surface area contributed by atoms with Crippen molar-refractivity contribution in [3.05, 3.63) is 0 Å². The standard InChI is InChI=1S/C5H10BN/c1-5-2-3-7(6)4-5/h5H,2-4H2,1H3. The van der Waals surface area contributed by atoms with E-state index >= 15 is 0 Å². The van der Waals surface area contributed by atoms with Crippen molar-refractivity contribution >= 4 is 7.98 Å². The molecular formula is C5H10BN. The predicted octanol–water partition coefficient (Wildman–Crippen LogP) is 0.412. The van der Waals surface area contributed by atoms with Crippen LogP contribution < -0.4 is 0 Å². The predicted molar refractivity (Wildman–Crippen MR) is 31.1 cm³/mol. The first kappa shape index (κ1) is 5.17. The van der Waals surface area contributed by atoms with Gasteiger partial charge < -0.3 is 4.81 Å². The van der Waals surface area contributed by atoms with Gasteiger partial charge in [0.1, 0.15) is 0 Å². The van der Waals surface area contributed by atoms with Crippen LogP contribution >= 0.6 is 0 Å². The van der Waals surface area contributed by atoms with Crippen molar-refractivity contribution in [2.45, 2.75) is 13.3 Å². The summed E-state index contributed by atoms with van der Waals surface area (Å²) in [5.41, 5.74) is 0. The topological polar surface area (TPSA) is 3.24 Å². The molecule has 0 aliphatic carbocycles. The number of hydrogen-bond acceptors (Lipinski definition) is 1. The second-order valence-electron chi connectivity index (χ2n) is 2.39. The van der Waals surface area contributed by atoms with Crippen molar-refractivity contribution in [2.24, 2.45) is 5.92 Å². The van der Waals surface area contributed by atoms with Crippen molar-refractivity contribution in [3.8, 4) is 0 Å². The molecule has 38 valence electrons. The first-order chi connectivity index (χ1) is 3.29. The van der Waals surface area contributed by atoms with E-state index in [1.54, 1.807) is 0 Å². The van der Waals surface area contributed by atoms with Crippen LogP contribution in [0.25, 0.3) is 0 Å². The zero-order chi connectivity index (χ0) is 5.28. The molecule has 0 bridgehead atoms. The minimum absolute atomic E-state index is 0.824. The average Bonchev–Trinajstić information content (AvgIpc) is 1.87. The normalized spacial score (nSPS) is 34.1. The molecular weight excluding hydrogens is 84.9 g/mol. The van der Waals surface area contributed by atoms with Crippen LogP contribution in [0.2, 0.25) is 0 Å². The maximum atomic E-state index is 5.46. The summed E-state index contributed by atoms with van der Waals surface area (Å²) >= 11 is 0. The molecule has 0 amide bonds. The highest BCUT2D eigenvalue weighted by Crippen LogP contribution is 2.11. The van der Waals surface area contributed by atoms with Gasteiger partial charge in [-0.05, 0) is 25.4 Å². The second-order valence-corrected chi connectivity index (χ2v) is 2.39. The lowest BCUT2D eigenvalue weighted by molar-refractivity contribution is 0.532. The van der Waals surface area contributed by atoms with Crippen molar-refractivity contribution in [1.82, 2.24) is 4.81 Å². The summed E-state index contributed by atoms with van der Waals surface area (Å²) in [7, 11) is 5.46. The monoisotopic (exact) mass is 95.1 g/mol. The molecule has 1 saturated heterocycles. The van der Waals surface area contributed by atoms with Crippen molar-refractivity contribution in [2.75, 3.05) is 13.1 Å². The lowest BCUT2D eigenvalue weighted by Gasteiger charge is -2.03. The molecule has 0 saturated carbocycles. The lowest BCUT2D eigenvalue weighted by Crippen LogP contribution is -2.14. The Bertz CT molecular complexity index is 57.1. The van der Waals surface area contributed by atoms with Crippen LogP contribution in [0.3, 0.4) is 0 Å². The summed E-state index contributed by atoms with van der Waals surface area (Å²) < 4.78 is 0. The summed E-state index contributed by atoms with van der Waals surface area (Å²) in [6.07, 6.45) is 1.27. The summed E-state index contributed by atoms with van der Waals surface area (Å²) in [5, 5.41) is 0. The largest absolute Gasteiger partial charge is 0.353 e. The third-order valence-electron chi connectivity index (χ3n) is 1.46. The Balaban J connectivity index is 2.26. The van der Waals surface area contributed by atoms with Gasteiger partial charge in [-0.1, -0.05) is 6.92 Å². The summed E-state index contributed by atoms with van der Waals surface area (Å²) in [4.78, 5) is 1.88. The van der Waals surface area contributed by atoms with Crippen LogP contribution in [0.5, 0.6) is 0 Å². The van der Waals surface area contributed by atoms with Crippen molar-refractivity contribution in [3.63, 3.8) is 0 Å². The minimum atomic E-state index is 0.824. The van der Waals surface area contributed by atoms with Crippen LogP contribution in [-0.4, -0.2) is 25.9 Å². The fourth-order valence-electron chi connectivity index (χ4n) is 0.969. The summed E-state index contributed by atoms with van der Waals surface area (Å²) in [5.74, 6) is 0.824. The van der Waals surface area contributed by atoms with Crippen molar-refractivity contribution in [1.29, 1.82) is 0 Å². The molecule has 0 aromatic heterocycles. The zero-order valence-electron chi connectivity index (χ0n) is 4.72. The maximum Gasteiger partial charge on any atom is 0.182 e. The van der Waals surface area contributed by atoms with Gasteiger partial charge in [0.05, 0.1) is 0 Å². The smallest absolute Gasteiger partial charge is 0.182 e. The van der Waals surface area contributed by atoms with E-state index in [1.165, 1.54) is 6.42 Å². The van der Waals surface area contributed by atoms with Gasteiger partial charge in [0.25, 0.3) is 0 Å². The molecule has 2 radical (unpaired) electrons. The molecule has 0 aromatic rings. The van der Waals surface area contributed by atoms with Gasteiger partial charge in [-0.15, -0.1) is 0 Å². The lowest BCUT2D eigenvalue weighted by atomic mass is 10.2. The molecule has 1 aliphatic heterocycles. The molecule has 7 heavy (non-hydrogen) atoms. The van der Waals surface area contributed by atoms with E-state index < -0.39 is 0 Å². The van der Waals surface area contributed by atoms with E-state index in [2.05, 4.69) is 6.92 Å². The van der Waals surface area contributed by atoms with Gasteiger partial charge in [0, 0.05) is 0 Å². The molecule has 2 heteroatoms. The van der Waals surface area contributed by atoms with Gasteiger partial charge in [-0.3, -0.25) is 0 Å². The van der Waals surface area contributed by atoms with E-state index in [4.69, 9.17) is 7.98 Å². The van der Waals surface area contributed by atoms with Gasteiger partial charge in [-0.2, -0.15) is 0 Å². The molecule has 1 rings (SSSR count). The molecule has 1 aliphatic rings. The third-order valence-corrected chi connectivity index (χ3v) is 1.46. The van der Waals surface area contributed by atoms with Gasteiger partial charge in [0.15, 0.2) is 7.98 Å². The number of hydrogen-bond donors (Lipinski definition) is 0. The Labute approximate surface area is 46.1 Å². The Morgan fingerprint density at radius 1 is 1.71 bits per heavy atom. The molecule has 1 atom stereocenters. The van der Waals surface area contributed by atoms with Crippen LogP contribution in [0.4, 0.5) is 0 Å². The molecule has 0 aromatic carbocycles. The second kappa shape index (κ2) is 1.87. The third kappa shape index (κ3) is 1.20. The Kier molecular flexibility index (Phi) is 1.38. The van der Waals surface area contributed by atoms with E-state index in [0.717, 1.165) is 19.0 Å². The molecule has 1 fully saturated rings. The Hall–Kier alpha value is 0.0249. The molecule has 0 spiro atoms. The van der Waals surface area contributed by atoms with Gasteiger partial charge >= 0.3 is 0 Å². The van der Waals surface area contributed by atoms with Crippen LogP contribution in [0, 0.1) is 5.92 Å². The number of nitrogens with zero attached hydrogens (tertiary/aromatic N) is 1. The molecule has 1 unspecified atom stereocenters. The molecule has 0 N–H and O–H groups in total. The van der Waals surface area contributed by atoms with E-state index in [1.807, 2.05) is 4.81 Å². The highest BCUT2D eigenvalue weighted by Gasteiger charge is 2.12. The van der Waals surface area contributed by atoms with Gasteiger partial charge in [0.2, 0.25) is 0 Å². The van der Waals surface area contributed by atoms with Crippen LogP contribution in [0.1, 0.15) is 13.3 Å². The SMILES string of the molecule is [B]N1CCC(C)C1. The fourth-order valence-corrected chi connectivity index (χ4v) is 0.969. The Morgan fingerprint density at radius 3 is 2.57 bits per heavy atom. The molecule has 1 nitrogen and oxygen atoms in total. The van der Waals surface area contributed by atoms with Crippen LogP contribution in [-0.2, 0) is 0 Å². The van der Waals surface area contributed by atoms with Crippen LogP contribution in [0.15, 0.2) is 0 Å². The average molecular weight is 95.0 g/mol. The summed E-state index contributed by atoms with van der Waals surface area (Å²) in [6, 6.07) is 0. The Morgan fingerprint density at radius 2 is 2.43 bits per heavy atom. The minimum Gasteiger partial charge on any atom is -0.353 e. The number of rotatable bonds is 0. The quantitative estimate of drug-likeness (QED) is 0.394. The van der Waals surface area contributed by atoms with Crippen molar-refractivity contribution < 1.29 is 0 Å². The zero-order valence-corrected chi connectivity index (χ0v) is 4.72. The van der Waals surface area contributed by atoms with E-state index in [9.17, 15) is 0 Å². The highest BCUT2D eigenvalue weighted by molar-refractivity contribution is 6.04. The first-order valence-corrected chi connectivity index (χ1v) is 2.78. The summed E-state index contributed by atoms with van der Waals surface area (Å²) in [6.45, 7) is 4.40. The maximum absolute atomic E-state index is 5.46. The highest BCUT2D eigenvalue weighted by atomic mass is 15.0.